The fraction of sp³-hybridized carbons (Fsp3) is 0.471. The number of hydrogen-bond acceptors (Lipinski definition) is 4. The Hall–Kier alpha value is -2.83. The quantitative estimate of drug-likeness (QED) is 0.287. The molecule has 214 valence electrons. The predicted molar refractivity (Wildman–Crippen MR) is 165 cm³/mol. The highest BCUT2D eigenvalue weighted by Gasteiger charge is 2.49. The molecule has 0 aromatic heterocycles. The summed E-state index contributed by atoms with van der Waals surface area (Å²) in [7, 11) is -1.89. The number of nitrogens with zero attached hydrogens (tertiary/aromatic N) is 1. The molecule has 2 aliphatic heterocycles. The molecule has 0 radical (unpaired) electrons. The number of piperidine rings is 1. The summed E-state index contributed by atoms with van der Waals surface area (Å²) in [5, 5.41) is 0. The summed E-state index contributed by atoms with van der Waals surface area (Å²) in [5.41, 5.74) is 5.30. The van der Waals surface area contributed by atoms with Gasteiger partial charge in [-0.05, 0) is 84.0 Å². The molecule has 5 rings (SSSR count). The number of hydrogen-bond donors (Lipinski definition) is 1. The smallest absolute Gasteiger partial charge is 0.215 e. The topological polar surface area (TPSA) is 58.6 Å². The van der Waals surface area contributed by atoms with E-state index in [9.17, 15) is 8.42 Å². The van der Waals surface area contributed by atoms with Gasteiger partial charge in [-0.1, -0.05) is 76.2 Å². The van der Waals surface area contributed by atoms with Crippen LogP contribution in [0.2, 0.25) is 0 Å². The zero-order chi connectivity index (χ0) is 28.5. The van der Waals surface area contributed by atoms with Gasteiger partial charge in [0.1, 0.15) is 5.75 Å². The van der Waals surface area contributed by atoms with Gasteiger partial charge in [0.05, 0.1) is 12.9 Å². The van der Waals surface area contributed by atoms with E-state index < -0.39 is 10.0 Å². The molecule has 0 saturated carbocycles. The molecule has 2 unspecified atom stereocenters. The largest absolute Gasteiger partial charge is 0.497 e. The first-order chi connectivity index (χ1) is 19.1. The lowest BCUT2D eigenvalue weighted by molar-refractivity contribution is 0.278. The van der Waals surface area contributed by atoms with Gasteiger partial charge in [0.2, 0.25) is 10.0 Å². The van der Waals surface area contributed by atoms with Crippen LogP contribution in [-0.4, -0.2) is 34.2 Å². The molecule has 3 aromatic carbocycles. The maximum atomic E-state index is 13.8. The predicted octanol–water partition coefficient (Wildman–Crippen LogP) is 7.13. The average Bonchev–Trinajstić information content (AvgIpc) is 3.22. The lowest BCUT2D eigenvalue weighted by Gasteiger charge is -2.48. The van der Waals surface area contributed by atoms with Crippen molar-refractivity contribution in [2.75, 3.05) is 18.6 Å². The van der Waals surface area contributed by atoms with Crippen LogP contribution < -0.4 is 14.4 Å². The standard InChI is InChI=1S/C34H44N2O3S/c1-24(2)31-15-10-16-32(25(3)4)33(31)22-40(37,38)35-23-34(26-11-9-14-30(19-26)39-5)20-28-17-18-29(21-34)36(28)27-12-7-6-8-13-27/h6-16,19,24-25,28-29,35H,17-18,20-23H2,1-5H3. The zero-order valence-electron chi connectivity index (χ0n) is 24.6. The molecule has 6 heteroatoms. The van der Waals surface area contributed by atoms with Crippen LogP contribution in [0.3, 0.4) is 0 Å². The summed E-state index contributed by atoms with van der Waals surface area (Å²) in [6, 6.07) is 25.9. The van der Waals surface area contributed by atoms with Crippen molar-refractivity contribution in [3.05, 3.63) is 95.1 Å². The molecule has 2 atom stereocenters. The van der Waals surface area contributed by atoms with Crippen molar-refractivity contribution in [2.24, 2.45) is 0 Å². The highest BCUT2D eigenvalue weighted by atomic mass is 32.2. The van der Waals surface area contributed by atoms with Crippen LogP contribution >= 0.6 is 0 Å². The SMILES string of the molecule is COc1cccc(C2(CNS(=O)(=O)Cc3c(C(C)C)cccc3C(C)C)CC3CCC(C2)N3c2ccccc2)c1. The zero-order valence-corrected chi connectivity index (χ0v) is 25.4. The van der Waals surface area contributed by atoms with Crippen molar-refractivity contribution in [3.63, 3.8) is 0 Å². The third kappa shape index (κ3) is 5.80. The van der Waals surface area contributed by atoms with E-state index in [-0.39, 0.29) is 23.0 Å². The summed E-state index contributed by atoms with van der Waals surface area (Å²) < 4.78 is 36.3. The van der Waals surface area contributed by atoms with Gasteiger partial charge in [-0.15, -0.1) is 0 Å². The Bertz CT molecular complexity index is 1380. The fourth-order valence-electron chi connectivity index (χ4n) is 7.17. The number of ether oxygens (including phenoxy) is 1. The van der Waals surface area contributed by atoms with Crippen LogP contribution in [-0.2, 0) is 21.2 Å². The molecule has 5 nitrogen and oxygen atoms in total. The molecular weight excluding hydrogens is 516 g/mol. The van der Waals surface area contributed by atoms with E-state index in [0.717, 1.165) is 53.7 Å². The molecule has 0 amide bonds. The van der Waals surface area contributed by atoms with Gasteiger partial charge in [0.25, 0.3) is 0 Å². The number of methoxy groups -OCH3 is 1. The second kappa shape index (κ2) is 11.6. The van der Waals surface area contributed by atoms with Crippen LogP contribution in [0.5, 0.6) is 5.75 Å². The minimum Gasteiger partial charge on any atom is -0.497 e. The fourth-order valence-corrected chi connectivity index (χ4v) is 8.48. The second-order valence-corrected chi connectivity index (χ2v) is 14.2. The lowest BCUT2D eigenvalue weighted by atomic mass is 9.70. The number of nitrogens with one attached hydrogen (secondary N) is 1. The summed E-state index contributed by atoms with van der Waals surface area (Å²) in [4.78, 5) is 2.58. The summed E-state index contributed by atoms with van der Waals surface area (Å²) in [6.45, 7) is 8.93. The Morgan fingerprint density at radius 3 is 2.05 bits per heavy atom. The Balaban J connectivity index is 1.46. The van der Waals surface area contributed by atoms with E-state index >= 15 is 0 Å². The molecule has 1 N–H and O–H groups in total. The average molecular weight is 561 g/mol. The minimum atomic E-state index is -3.58. The van der Waals surface area contributed by atoms with Crippen molar-refractivity contribution in [1.82, 2.24) is 4.72 Å². The van der Waals surface area contributed by atoms with E-state index in [0.29, 0.717) is 18.6 Å². The van der Waals surface area contributed by atoms with Crippen LogP contribution in [0.4, 0.5) is 5.69 Å². The first kappa shape index (κ1) is 28.7. The summed E-state index contributed by atoms with van der Waals surface area (Å²) >= 11 is 0. The molecule has 3 aromatic rings. The molecule has 0 aliphatic carbocycles. The molecule has 2 bridgehead atoms. The van der Waals surface area contributed by atoms with E-state index in [1.165, 1.54) is 5.69 Å². The van der Waals surface area contributed by atoms with Crippen LogP contribution in [0.25, 0.3) is 0 Å². The van der Waals surface area contributed by atoms with Crippen molar-refractivity contribution < 1.29 is 13.2 Å². The number of rotatable bonds is 10. The lowest BCUT2D eigenvalue weighted by Crippen LogP contribution is -2.54. The number of fused-ring (bicyclic) bond motifs is 2. The summed E-state index contributed by atoms with van der Waals surface area (Å²) in [6.07, 6.45) is 4.04. The Morgan fingerprint density at radius 1 is 0.875 bits per heavy atom. The molecular formula is C34H44N2O3S. The second-order valence-electron chi connectivity index (χ2n) is 12.4. The van der Waals surface area contributed by atoms with Gasteiger partial charge in [-0.3, -0.25) is 0 Å². The normalized spacial score (nSPS) is 22.7. The number of benzene rings is 3. The van der Waals surface area contributed by atoms with Crippen molar-refractivity contribution in [1.29, 1.82) is 0 Å². The monoisotopic (exact) mass is 560 g/mol. The van der Waals surface area contributed by atoms with Gasteiger partial charge in [-0.2, -0.15) is 0 Å². The Kier molecular flexibility index (Phi) is 8.30. The molecule has 2 fully saturated rings. The summed E-state index contributed by atoms with van der Waals surface area (Å²) in [5.74, 6) is 1.33. The number of sulfonamides is 1. The molecule has 40 heavy (non-hydrogen) atoms. The Labute approximate surface area is 241 Å². The van der Waals surface area contributed by atoms with E-state index in [4.69, 9.17) is 4.74 Å². The molecule has 2 heterocycles. The van der Waals surface area contributed by atoms with Gasteiger partial charge in [-0.25, -0.2) is 13.1 Å². The third-order valence-electron chi connectivity index (χ3n) is 9.07. The number of para-hydroxylation sites is 1. The van der Waals surface area contributed by atoms with Gasteiger partial charge in [0, 0.05) is 29.7 Å². The first-order valence-corrected chi connectivity index (χ1v) is 16.3. The van der Waals surface area contributed by atoms with E-state index in [1.54, 1.807) is 7.11 Å². The van der Waals surface area contributed by atoms with Crippen molar-refractivity contribution >= 4 is 15.7 Å². The van der Waals surface area contributed by atoms with Crippen LogP contribution in [0.1, 0.15) is 87.5 Å². The van der Waals surface area contributed by atoms with Crippen molar-refractivity contribution in [2.45, 2.75) is 88.5 Å². The third-order valence-corrected chi connectivity index (χ3v) is 10.3. The maximum absolute atomic E-state index is 13.8. The van der Waals surface area contributed by atoms with E-state index in [2.05, 4.69) is 98.0 Å². The van der Waals surface area contributed by atoms with Gasteiger partial charge < -0.3 is 9.64 Å². The molecule has 2 saturated heterocycles. The van der Waals surface area contributed by atoms with E-state index in [1.807, 2.05) is 12.1 Å². The maximum Gasteiger partial charge on any atom is 0.215 e. The minimum absolute atomic E-state index is 0.00601. The van der Waals surface area contributed by atoms with Crippen LogP contribution in [0.15, 0.2) is 72.8 Å². The van der Waals surface area contributed by atoms with Crippen molar-refractivity contribution in [3.8, 4) is 5.75 Å². The van der Waals surface area contributed by atoms with Gasteiger partial charge in [0.15, 0.2) is 0 Å². The molecule has 2 aliphatic rings. The van der Waals surface area contributed by atoms with Gasteiger partial charge >= 0.3 is 0 Å². The first-order valence-electron chi connectivity index (χ1n) is 14.7. The Morgan fingerprint density at radius 2 is 1.48 bits per heavy atom. The molecule has 0 spiro atoms. The highest BCUT2D eigenvalue weighted by Crippen LogP contribution is 2.49. The number of anilines is 1. The van der Waals surface area contributed by atoms with Crippen LogP contribution in [0, 0.1) is 0 Å². The highest BCUT2D eigenvalue weighted by molar-refractivity contribution is 7.88.